The molecule has 0 aliphatic carbocycles. The summed E-state index contributed by atoms with van der Waals surface area (Å²) in [6.45, 7) is 2.07. The summed E-state index contributed by atoms with van der Waals surface area (Å²) in [5.41, 5.74) is 0. The summed E-state index contributed by atoms with van der Waals surface area (Å²) < 4.78 is 19.2. The number of thiophene rings is 1. The average Bonchev–Trinajstić information content (AvgIpc) is 2.61. The van der Waals surface area contributed by atoms with Crippen LogP contribution in [0.5, 0.6) is 5.75 Å². The highest BCUT2D eigenvalue weighted by Crippen LogP contribution is 2.31. The monoisotopic (exact) mass is 210 g/mol. The maximum Gasteiger partial charge on any atom is 0.144 e. The van der Waals surface area contributed by atoms with Crippen LogP contribution >= 0.6 is 11.3 Å². The van der Waals surface area contributed by atoms with E-state index in [-0.39, 0.29) is 5.82 Å². The Morgan fingerprint density at radius 3 is 2.79 bits per heavy atom. The fourth-order valence-corrected chi connectivity index (χ4v) is 2.41. The molecular weight excluding hydrogens is 199 g/mol. The van der Waals surface area contributed by atoms with Gasteiger partial charge >= 0.3 is 0 Å². The molecule has 1 aromatic heterocycles. The summed E-state index contributed by atoms with van der Waals surface area (Å²) in [7, 11) is 1.55. The lowest BCUT2D eigenvalue weighted by atomic mass is 10.2. The smallest absolute Gasteiger partial charge is 0.144 e. The molecule has 0 bridgehead atoms. The molecule has 3 heteroatoms. The molecular formula is C11H11FOS. The van der Waals surface area contributed by atoms with Crippen LogP contribution in [0.4, 0.5) is 4.39 Å². The predicted molar refractivity (Wildman–Crippen MR) is 57.7 cm³/mol. The van der Waals surface area contributed by atoms with E-state index >= 15 is 0 Å². The molecule has 0 amide bonds. The third-order valence-electron chi connectivity index (χ3n) is 2.18. The minimum absolute atomic E-state index is 0.191. The second-order valence-corrected chi connectivity index (χ2v) is 4.23. The second-order valence-electron chi connectivity index (χ2n) is 3.09. The zero-order valence-electron chi connectivity index (χ0n) is 8.13. The third kappa shape index (κ3) is 1.48. The summed E-state index contributed by atoms with van der Waals surface area (Å²) in [5.74, 6) is 0.388. The van der Waals surface area contributed by atoms with Crippen molar-refractivity contribution in [3.8, 4) is 5.75 Å². The Balaban J connectivity index is 2.67. The van der Waals surface area contributed by atoms with Crippen molar-refractivity contribution >= 4 is 21.4 Å². The molecule has 14 heavy (non-hydrogen) atoms. The van der Waals surface area contributed by atoms with E-state index in [0.717, 1.165) is 16.5 Å². The second kappa shape index (κ2) is 3.58. The van der Waals surface area contributed by atoms with E-state index in [4.69, 9.17) is 4.74 Å². The van der Waals surface area contributed by atoms with Gasteiger partial charge in [0.1, 0.15) is 11.6 Å². The van der Waals surface area contributed by atoms with Crippen LogP contribution in [0, 0.1) is 5.82 Å². The van der Waals surface area contributed by atoms with Gasteiger partial charge in [-0.15, -0.1) is 11.3 Å². The average molecular weight is 210 g/mol. The quantitative estimate of drug-likeness (QED) is 0.735. The zero-order valence-corrected chi connectivity index (χ0v) is 8.95. The van der Waals surface area contributed by atoms with Crippen LogP contribution in [0.15, 0.2) is 18.2 Å². The maximum absolute atomic E-state index is 13.5. The first kappa shape index (κ1) is 9.46. The summed E-state index contributed by atoms with van der Waals surface area (Å²) in [6.07, 6.45) is 0.946. The number of hydrogen-bond acceptors (Lipinski definition) is 2. The van der Waals surface area contributed by atoms with Gasteiger partial charge in [-0.3, -0.25) is 0 Å². The van der Waals surface area contributed by atoms with Crippen LogP contribution in [-0.4, -0.2) is 7.11 Å². The van der Waals surface area contributed by atoms with Crippen molar-refractivity contribution in [1.29, 1.82) is 0 Å². The molecule has 2 aromatic rings. The van der Waals surface area contributed by atoms with Gasteiger partial charge in [-0.05, 0) is 23.9 Å². The van der Waals surface area contributed by atoms with E-state index in [1.807, 2.05) is 12.1 Å². The molecule has 0 radical (unpaired) electrons. The van der Waals surface area contributed by atoms with Gasteiger partial charge < -0.3 is 4.74 Å². The first-order valence-electron chi connectivity index (χ1n) is 4.50. The number of hydrogen-bond donors (Lipinski definition) is 0. The topological polar surface area (TPSA) is 9.23 Å². The molecule has 1 heterocycles. The molecule has 74 valence electrons. The van der Waals surface area contributed by atoms with Crippen LogP contribution in [0.3, 0.4) is 0 Å². The van der Waals surface area contributed by atoms with Gasteiger partial charge in [-0.2, -0.15) is 0 Å². The minimum Gasteiger partial charge on any atom is -0.497 e. The van der Waals surface area contributed by atoms with Crippen LogP contribution in [0.2, 0.25) is 0 Å². The lowest BCUT2D eigenvalue weighted by molar-refractivity contribution is 0.412. The maximum atomic E-state index is 13.5. The zero-order chi connectivity index (χ0) is 10.1. The minimum atomic E-state index is -0.191. The number of halogens is 1. The van der Waals surface area contributed by atoms with Crippen molar-refractivity contribution in [2.45, 2.75) is 13.3 Å². The SMILES string of the molecule is CCc1cc2cc(OC)cc(F)c2s1. The van der Waals surface area contributed by atoms with Gasteiger partial charge in [0.05, 0.1) is 11.8 Å². The molecule has 0 saturated heterocycles. The molecule has 0 spiro atoms. The molecule has 2 rings (SSSR count). The van der Waals surface area contributed by atoms with Crippen molar-refractivity contribution in [2.75, 3.05) is 7.11 Å². The number of benzene rings is 1. The highest BCUT2D eigenvalue weighted by molar-refractivity contribution is 7.19. The van der Waals surface area contributed by atoms with Crippen LogP contribution < -0.4 is 4.74 Å². The number of ether oxygens (including phenoxy) is 1. The Hall–Kier alpha value is -1.09. The Kier molecular flexibility index (Phi) is 2.42. The first-order valence-corrected chi connectivity index (χ1v) is 5.32. The van der Waals surface area contributed by atoms with Crippen molar-refractivity contribution in [3.05, 3.63) is 28.9 Å². The lowest BCUT2D eigenvalue weighted by Gasteiger charge is -1.99. The summed E-state index contributed by atoms with van der Waals surface area (Å²) >= 11 is 1.51. The lowest BCUT2D eigenvalue weighted by Crippen LogP contribution is -1.83. The number of fused-ring (bicyclic) bond motifs is 1. The molecule has 1 nitrogen and oxygen atoms in total. The van der Waals surface area contributed by atoms with Gasteiger partial charge in [-0.25, -0.2) is 4.39 Å². The standard InChI is InChI=1S/C11H11FOS/c1-3-9-5-7-4-8(13-2)6-10(12)11(7)14-9/h4-6H,3H2,1-2H3. The van der Waals surface area contributed by atoms with E-state index in [0.29, 0.717) is 5.75 Å². The summed E-state index contributed by atoms with van der Waals surface area (Å²) in [4.78, 5) is 1.20. The molecule has 0 atom stereocenters. The number of aryl methyl sites for hydroxylation is 1. The third-order valence-corrected chi connectivity index (χ3v) is 3.48. The largest absolute Gasteiger partial charge is 0.497 e. The molecule has 0 fully saturated rings. The molecule has 0 unspecified atom stereocenters. The molecule has 0 aliphatic rings. The van der Waals surface area contributed by atoms with Gasteiger partial charge in [-0.1, -0.05) is 6.92 Å². The fourth-order valence-electron chi connectivity index (χ4n) is 1.43. The van der Waals surface area contributed by atoms with E-state index in [2.05, 4.69) is 6.92 Å². The van der Waals surface area contributed by atoms with E-state index in [1.165, 1.54) is 22.3 Å². The Morgan fingerprint density at radius 2 is 2.14 bits per heavy atom. The van der Waals surface area contributed by atoms with Gasteiger partial charge in [0.2, 0.25) is 0 Å². The van der Waals surface area contributed by atoms with E-state index < -0.39 is 0 Å². The first-order chi connectivity index (χ1) is 6.74. The Morgan fingerprint density at radius 1 is 1.36 bits per heavy atom. The molecule has 1 aromatic carbocycles. The Labute approximate surface area is 86.1 Å². The van der Waals surface area contributed by atoms with Gasteiger partial charge in [0, 0.05) is 10.9 Å². The van der Waals surface area contributed by atoms with Crippen molar-refractivity contribution in [2.24, 2.45) is 0 Å². The number of methoxy groups -OCH3 is 1. The van der Waals surface area contributed by atoms with Gasteiger partial charge in [0.25, 0.3) is 0 Å². The van der Waals surface area contributed by atoms with Crippen molar-refractivity contribution in [3.63, 3.8) is 0 Å². The Bertz CT molecular complexity index is 462. The highest BCUT2D eigenvalue weighted by atomic mass is 32.1. The number of rotatable bonds is 2. The van der Waals surface area contributed by atoms with Crippen molar-refractivity contribution < 1.29 is 9.13 Å². The molecule has 0 aliphatic heterocycles. The normalized spacial score (nSPS) is 10.8. The van der Waals surface area contributed by atoms with Crippen LogP contribution in [-0.2, 0) is 6.42 Å². The highest BCUT2D eigenvalue weighted by Gasteiger charge is 2.07. The van der Waals surface area contributed by atoms with Crippen molar-refractivity contribution in [1.82, 2.24) is 0 Å². The summed E-state index contributed by atoms with van der Waals surface area (Å²) in [5, 5.41) is 0.934. The molecule has 0 N–H and O–H groups in total. The van der Waals surface area contributed by atoms with Gasteiger partial charge in [0.15, 0.2) is 0 Å². The summed E-state index contributed by atoms with van der Waals surface area (Å²) in [6, 6.07) is 5.32. The molecule has 0 saturated carbocycles. The van der Waals surface area contributed by atoms with Crippen LogP contribution in [0.25, 0.3) is 10.1 Å². The van der Waals surface area contributed by atoms with E-state index in [1.54, 1.807) is 7.11 Å². The fraction of sp³-hybridized carbons (Fsp3) is 0.273. The predicted octanol–water partition coefficient (Wildman–Crippen LogP) is 3.61. The van der Waals surface area contributed by atoms with E-state index in [9.17, 15) is 4.39 Å². The van der Waals surface area contributed by atoms with Crippen LogP contribution in [0.1, 0.15) is 11.8 Å².